The van der Waals surface area contributed by atoms with E-state index in [1.807, 2.05) is 53.5 Å². The first-order valence-electron chi connectivity index (χ1n) is 9.16. The van der Waals surface area contributed by atoms with Crippen molar-refractivity contribution < 1.29 is 9.90 Å². The van der Waals surface area contributed by atoms with Gasteiger partial charge in [0.2, 0.25) is 0 Å². The Morgan fingerprint density at radius 2 is 1.73 bits per heavy atom. The summed E-state index contributed by atoms with van der Waals surface area (Å²) in [5, 5.41) is 16.5. The van der Waals surface area contributed by atoms with Crippen LogP contribution in [0.15, 0.2) is 65.8 Å². The zero-order chi connectivity index (χ0) is 17.9. The molecule has 2 aromatic rings. The second-order valence-electron chi connectivity index (χ2n) is 6.90. The van der Waals surface area contributed by atoms with Gasteiger partial charge in [0.25, 0.3) is 5.91 Å². The number of benzene rings is 2. The number of β-amino-alcohol motifs (C(OH)–C–C–N with tert-alkyl or cyclic N) is 1. The molecule has 5 heteroatoms. The molecule has 2 heterocycles. The van der Waals surface area contributed by atoms with Crippen LogP contribution >= 0.6 is 0 Å². The van der Waals surface area contributed by atoms with Crippen molar-refractivity contribution in [1.82, 2.24) is 4.90 Å². The Bertz CT molecular complexity index is 791. The van der Waals surface area contributed by atoms with Crippen LogP contribution in [0.1, 0.15) is 30.9 Å². The Balaban J connectivity index is 1.63. The molecular formula is C21H23N3O2. The number of aliphatic hydroxyl groups excluding tert-OH is 1. The lowest BCUT2D eigenvalue weighted by atomic mass is 10.00. The minimum Gasteiger partial charge on any atom is -0.391 e. The molecule has 0 spiro atoms. The molecule has 2 atom stereocenters. The Morgan fingerprint density at radius 3 is 2.42 bits per heavy atom. The number of piperidine rings is 1. The normalized spacial score (nSPS) is 23.0. The van der Waals surface area contributed by atoms with E-state index in [4.69, 9.17) is 5.10 Å². The lowest BCUT2D eigenvalue weighted by molar-refractivity contribution is -0.127. The van der Waals surface area contributed by atoms with Gasteiger partial charge in [-0.25, -0.2) is 0 Å². The van der Waals surface area contributed by atoms with Gasteiger partial charge in [0.1, 0.15) is 5.71 Å². The highest BCUT2D eigenvalue weighted by Crippen LogP contribution is 2.35. The number of aliphatic hydroxyl groups is 1. The summed E-state index contributed by atoms with van der Waals surface area (Å²) < 4.78 is 0. The van der Waals surface area contributed by atoms with Crippen LogP contribution in [0.3, 0.4) is 0 Å². The molecular weight excluding hydrogens is 326 g/mol. The van der Waals surface area contributed by atoms with Crippen LogP contribution in [-0.2, 0) is 4.79 Å². The molecule has 0 aromatic heterocycles. The highest BCUT2D eigenvalue weighted by atomic mass is 16.3. The van der Waals surface area contributed by atoms with Gasteiger partial charge in [-0.05, 0) is 30.5 Å². The van der Waals surface area contributed by atoms with Crippen molar-refractivity contribution in [3.63, 3.8) is 0 Å². The fourth-order valence-electron chi connectivity index (χ4n) is 3.71. The number of likely N-dealkylation sites (tertiary alicyclic amines) is 1. The van der Waals surface area contributed by atoms with E-state index in [0.29, 0.717) is 25.2 Å². The van der Waals surface area contributed by atoms with Gasteiger partial charge in [-0.15, -0.1) is 0 Å². The monoisotopic (exact) mass is 349 g/mol. The third-order valence-corrected chi connectivity index (χ3v) is 5.05. The van der Waals surface area contributed by atoms with Gasteiger partial charge in [0.15, 0.2) is 0 Å². The molecule has 1 fully saturated rings. The van der Waals surface area contributed by atoms with Crippen molar-refractivity contribution in [1.29, 1.82) is 0 Å². The molecule has 0 aliphatic carbocycles. The summed E-state index contributed by atoms with van der Waals surface area (Å²) in [7, 11) is 0. The largest absolute Gasteiger partial charge is 0.391 e. The van der Waals surface area contributed by atoms with Gasteiger partial charge in [0.05, 0.1) is 17.8 Å². The lowest BCUT2D eigenvalue weighted by Crippen LogP contribution is -2.44. The first-order valence-corrected chi connectivity index (χ1v) is 9.16. The standard InChI is InChI=1S/C21H23N3O2/c25-18-12-7-13-23(15-18)21(26)19-14-20(16-8-3-1-4-9-16)24(22-19)17-10-5-2-6-11-17/h1-6,8-11,18,20,25H,7,12-15H2/t18-,20-/m0/s1. The van der Waals surface area contributed by atoms with Gasteiger partial charge in [-0.2, -0.15) is 5.10 Å². The summed E-state index contributed by atoms with van der Waals surface area (Å²) in [5.74, 6) is -0.0527. The van der Waals surface area contributed by atoms with Gasteiger partial charge < -0.3 is 10.0 Å². The molecule has 1 amide bonds. The summed E-state index contributed by atoms with van der Waals surface area (Å²) >= 11 is 0. The third kappa shape index (κ3) is 3.35. The molecule has 2 aromatic carbocycles. The van der Waals surface area contributed by atoms with Crippen LogP contribution in [0.5, 0.6) is 0 Å². The first-order chi connectivity index (χ1) is 12.7. The molecule has 4 rings (SSSR count). The van der Waals surface area contributed by atoms with Crippen molar-refractivity contribution in [2.45, 2.75) is 31.4 Å². The van der Waals surface area contributed by atoms with Gasteiger partial charge in [-0.1, -0.05) is 48.5 Å². The second-order valence-corrected chi connectivity index (χ2v) is 6.90. The van der Waals surface area contributed by atoms with Crippen molar-refractivity contribution in [2.24, 2.45) is 5.10 Å². The molecule has 26 heavy (non-hydrogen) atoms. The van der Waals surface area contributed by atoms with Crippen LogP contribution in [0.25, 0.3) is 0 Å². The Kier molecular flexibility index (Phi) is 4.71. The van der Waals surface area contributed by atoms with Crippen molar-refractivity contribution in [3.05, 3.63) is 66.2 Å². The van der Waals surface area contributed by atoms with Crippen LogP contribution in [0.4, 0.5) is 5.69 Å². The van der Waals surface area contributed by atoms with Crippen LogP contribution in [0, 0.1) is 0 Å². The summed E-state index contributed by atoms with van der Waals surface area (Å²) in [4.78, 5) is 14.7. The average Bonchev–Trinajstić information content (AvgIpc) is 3.14. The molecule has 0 saturated carbocycles. The van der Waals surface area contributed by atoms with Gasteiger partial charge in [-0.3, -0.25) is 9.80 Å². The quantitative estimate of drug-likeness (QED) is 0.927. The number of amides is 1. The highest BCUT2D eigenvalue weighted by molar-refractivity contribution is 6.39. The Hall–Kier alpha value is -2.66. The third-order valence-electron chi connectivity index (χ3n) is 5.05. The number of para-hydroxylation sites is 1. The van der Waals surface area contributed by atoms with Gasteiger partial charge in [0, 0.05) is 19.5 Å². The Morgan fingerprint density at radius 1 is 1.04 bits per heavy atom. The molecule has 1 saturated heterocycles. The van der Waals surface area contributed by atoms with E-state index >= 15 is 0 Å². The molecule has 2 aliphatic rings. The molecule has 0 unspecified atom stereocenters. The number of hydrogen-bond acceptors (Lipinski definition) is 4. The zero-order valence-electron chi connectivity index (χ0n) is 14.7. The minimum atomic E-state index is -0.426. The first kappa shape index (κ1) is 16.8. The minimum absolute atomic E-state index is 0.00673. The Labute approximate surface area is 153 Å². The van der Waals surface area contributed by atoms with Crippen LogP contribution in [-0.4, -0.2) is 40.8 Å². The van der Waals surface area contributed by atoms with E-state index < -0.39 is 6.10 Å². The predicted molar refractivity (Wildman–Crippen MR) is 102 cm³/mol. The number of rotatable bonds is 3. The summed E-state index contributed by atoms with van der Waals surface area (Å²) in [6, 6.07) is 20.1. The van der Waals surface area contributed by atoms with Crippen molar-refractivity contribution in [2.75, 3.05) is 18.1 Å². The van der Waals surface area contributed by atoms with Crippen LogP contribution in [0.2, 0.25) is 0 Å². The summed E-state index contributed by atoms with van der Waals surface area (Å²) in [6.45, 7) is 1.09. The maximum Gasteiger partial charge on any atom is 0.270 e. The fraction of sp³-hybridized carbons (Fsp3) is 0.333. The van der Waals surface area contributed by atoms with E-state index in [9.17, 15) is 9.90 Å². The highest BCUT2D eigenvalue weighted by Gasteiger charge is 2.35. The molecule has 5 nitrogen and oxygen atoms in total. The van der Waals surface area contributed by atoms with Crippen molar-refractivity contribution in [3.8, 4) is 0 Å². The van der Waals surface area contributed by atoms with E-state index in [2.05, 4.69) is 12.1 Å². The number of carbonyl (C=O) groups excluding carboxylic acids is 1. The molecule has 0 radical (unpaired) electrons. The fourth-order valence-corrected chi connectivity index (χ4v) is 3.71. The van der Waals surface area contributed by atoms with E-state index in [0.717, 1.165) is 24.1 Å². The lowest BCUT2D eigenvalue weighted by Gasteiger charge is -2.29. The number of hydrogen-bond donors (Lipinski definition) is 1. The van der Waals surface area contributed by atoms with E-state index in [1.54, 1.807) is 4.90 Å². The van der Waals surface area contributed by atoms with Crippen LogP contribution < -0.4 is 5.01 Å². The summed E-state index contributed by atoms with van der Waals surface area (Å²) in [5.41, 5.74) is 2.68. The smallest absolute Gasteiger partial charge is 0.270 e. The summed E-state index contributed by atoms with van der Waals surface area (Å²) in [6.07, 6.45) is 1.75. The topological polar surface area (TPSA) is 56.1 Å². The SMILES string of the molecule is O=C(C1=NN(c2ccccc2)[C@H](c2ccccc2)C1)N1CCC[C@H](O)C1. The molecule has 1 N–H and O–H groups in total. The van der Waals surface area contributed by atoms with E-state index in [1.165, 1.54) is 0 Å². The van der Waals surface area contributed by atoms with Crippen molar-refractivity contribution >= 4 is 17.3 Å². The molecule has 0 bridgehead atoms. The maximum absolute atomic E-state index is 13.0. The molecule has 2 aliphatic heterocycles. The zero-order valence-corrected chi connectivity index (χ0v) is 14.7. The molecule has 134 valence electrons. The average molecular weight is 349 g/mol. The predicted octanol–water partition coefficient (Wildman–Crippen LogP) is 2.98. The number of carbonyl (C=O) groups is 1. The van der Waals surface area contributed by atoms with E-state index in [-0.39, 0.29) is 11.9 Å². The second kappa shape index (κ2) is 7.30. The number of hydrazone groups is 1. The number of nitrogens with zero attached hydrogens (tertiary/aromatic N) is 3. The van der Waals surface area contributed by atoms with Gasteiger partial charge >= 0.3 is 0 Å². The number of anilines is 1. The maximum atomic E-state index is 13.0.